The second kappa shape index (κ2) is 7.36. The van der Waals surface area contributed by atoms with Crippen LogP contribution in [0.15, 0.2) is 54.0 Å². The average Bonchev–Trinajstić information content (AvgIpc) is 3.38. The minimum atomic E-state index is -0.241. The number of ether oxygens (including phenoxy) is 2. The van der Waals surface area contributed by atoms with Crippen LogP contribution in [0.1, 0.15) is 17.3 Å². The summed E-state index contributed by atoms with van der Waals surface area (Å²) in [5.74, 6) is 1.42. The number of urea groups is 1. The molecule has 0 saturated heterocycles. The summed E-state index contributed by atoms with van der Waals surface area (Å²) in [6.07, 6.45) is 2.05. The maximum Gasteiger partial charge on any atom is 0.323 e. The van der Waals surface area contributed by atoms with E-state index in [2.05, 4.69) is 16.0 Å². The number of rotatable bonds is 4. The smallest absolute Gasteiger partial charge is 0.323 e. The van der Waals surface area contributed by atoms with Crippen LogP contribution in [0.2, 0.25) is 0 Å². The third-order valence-electron chi connectivity index (χ3n) is 4.79. The number of carbonyl (C=O) groups is 1. The van der Waals surface area contributed by atoms with E-state index in [0.717, 1.165) is 28.6 Å². The van der Waals surface area contributed by atoms with E-state index in [9.17, 15) is 4.79 Å². The molecule has 1 aromatic carbocycles. The zero-order valence-corrected chi connectivity index (χ0v) is 16.0. The fourth-order valence-corrected chi connectivity index (χ4v) is 4.11. The molecule has 7 heteroatoms. The van der Waals surface area contributed by atoms with Crippen molar-refractivity contribution in [1.29, 1.82) is 0 Å². The highest BCUT2D eigenvalue weighted by atomic mass is 32.1. The monoisotopic (exact) mass is 383 g/mol. The molecule has 27 heavy (non-hydrogen) atoms. The van der Waals surface area contributed by atoms with Crippen molar-refractivity contribution >= 4 is 22.4 Å². The van der Waals surface area contributed by atoms with E-state index in [4.69, 9.17) is 9.47 Å². The van der Waals surface area contributed by atoms with Crippen LogP contribution in [0, 0.1) is 0 Å². The standard InChI is InChI=1S/C20H21N3O3S/c1-25-14-7-8-15(17(13-14)26-2)19-16-5-3-9-22(16)10-11-23(19)20(24)21-18-6-4-12-27-18/h3-9,12-13,19H,10-11H2,1-2H3,(H,21,24)/t19-/m1/s1. The van der Waals surface area contributed by atoms with Gasteiger partial charge < -0.3 is 18.9 Å². The first kappa shape index (κ1) is 17.5. The van der Waals surface area contributed by atoms with Crippen molar-refractivity contribution in [3.05, 3.63) is 65.3 Å². The first-order valence-corrected chi connectivity index (χ1v) is 9.57. The van der Waals surface area contributed by atoms with Gasteiger partial charge in [0, 0.05) is 36.6 Å². The van der Waals surface area contributed by atoms with Crippen molar-refractivity contribution in [2.24, 2.45) is 0 Å². The quantitative estimate of drug-likeness (QED) is 0.734. The summed E-state index contributed by atoms with van der Waals surface area (Å²) in [6, 6.07) is 13.3. The molecule has 0 fully saturated rings. The molecular formula is C20H21N3O3S. The molecule has 1 aliphatic rings. The largest absolute Gasteiger partial charge is 0.497 e. The second-order valence-corrected chi connectivity index (χ2v) is 7.19. The summed E-state index contributed by atoms with van der Waals surface area (Å²) in [5.41, 5.74) is 1.99. The van der Waals surface area contributed by atoms with Crippen LogP contribution < -0.4 is 14.8 Å². The van der Waals surface area contributed by atoms with Crippen LogP contribution in [0.5, 0.6) is 11.5 Å². The van der Waals surface area contributed by atoms with Gasteiger partial charge in [0.15, 0.2) is 0 Å². The van der Waals surface area contributed by atoms with Crippen LogP contribution in [-0.2, 0) is 6.54 Å². The third kappa shape index (κ3) is 3.26. The molecule has 0 spiro atoms. The van der Waals surface area contributed by atoms with E-state index in [-0.39, 0.29) is 12.1 Å². The van der Waals surface area contributed by atoms with Gasteiger partial charge in [-0.3, -0.25) is 5.32 Å². The molecule has 3 heterocycles. The third-order valence-corrected chi connectivity index (χ3v) is 5.57. The van der Waals surface area contributed by atoms with Gasteiger partial charge in [-0.1, -0.05) is 0 Å². The number of thiophene rings is 1. The van der Waals surface area contributed by atoms with Gasteiger partial charge in [-0.25, -0.2) is 4.79 Å². The predicted octanol–water partition coefficient (Wildman–Crippen LogP) is 4.20. The molecule has 4 rings (SSSR count). The van der Waals surface area contributed by atoms with Gasteiger partial charge in [-0.15, -0.1) is 11.3 Å². The Morgan fingerprint density at radius 2 is 2.04 bits per heavy atom. The lowest BCUT2D eigenvalue weighted by Gasteiger charge is -2.37. The Hall–Kier alpha value is -2.93. The van der Waals surface area contributed by atoms with Crippen molar-refractivity contribution < 1.29 is 14.3 Å². The molecule has 6 nitrogen and oxygen atoms in total. The number of anilines is 1. The van der Waals surface area contributed by atoms with Gasteiger partial charge >= 0.3 is 6.03 Å². The second-order valence-electron chi connectivity index (χ2n) is 6.24. The Balaban J connectivity index is 1.75. The molecule has 0 saturated carbocycles. The lowest BCUT2D eigenvalue weighted by molar-refractivity contribution is 0.180. The lowest BCUT2D eigenvalue weighted by Crippen LogP contribution is -2.44. The molecule has 1 N–H and O–H groups in total. The van der Waals surface area contributed by atoms with Gasteiger partial charge in [0.05, 0.1) is 19.2 Å². The maximum absolute atomic E-state index is 13.1. The van der Waals surface area contributed by atoms with E-state index in [1.165, 1.54) is 11.3 Å². The van der Waals surface area contributed by atoms with Gasteiger partial charge in [0.1, 0.15) is 17.5 Å². The number of amides is 2. The molecule has 1 atom stereocenters. The Bertz CT molecular complexity index is 936. The van der Waals surface area contributed by atoms with Crippen LogP contribution in [0.25, 0.3) is 0 Å². The Kier molecular flexibility index (Phi) is 4.77. The number of methoxy groups -OCH3 is 2. The molecule has 3 aromatic rings. The Labute approximate surface area is 161 Å². The summed E-state index contributed by atoms with van der Waals surface area (Å²) < 4.78 is 13.1. The van der Waals surface area contributed by atoms with E-state index in [1.807, 2.05) is 52.9 Å². The number of benzene rings is 1. The average molecular weight is 383 g/mol. The van der Waals surface area contributed by atoms with Gasteiger partial charge in [-0.05, 0) is 41.8 Å². The molecule has 0 radical (unpaired) electrons. The normalized spacial score (nSPS) is 15.9. The Morgan fingerprint density at radius 1 is 1.15 bits per heavy atom. The topological polar surface area (TPSA) is 55.7 Å². The molecule has 2 amide bonds. The zero-order chi connectivity index (χ0) is 18.8. The van der Waals surface area contributed by atoms with Crippen molar-refractivity contribution in [2.75, 3.05) is 26.1 Å². The summed E-state index contributed by atoms with van der Waals surface area (Å²) in [5, 5.41) is 5.79. The highest BCUT2D eigenvalue weighted by Gasteiger charge is 2.34. The molecule has 0 bridgehead atoms. The summed E-state index contributed by atoms with van der Waals surface area (Å²) >= 11 is 1.51. The molecule has 1 aliphatic heterocycles. The lowest BCUT2D eigenvalue weighted by atomic mass is 9.99. The molecule has 0 aliphatic carbocycles. The van der Waals surface area contributed by atoms with Crippen molar-refractivity contribution in [3.8, 4) is 11.5 Å². The van der Waals surface area contributed by atoms with Crippen LogP contribution in [0.3, 0.4) is 0 Å². The molecule has 140 valence electrons. The Morgan fingerprint density at radius 3 is 2.78 bits per heavy atom. The van der Waals surface area contributed by atoms with E-state index >= 15 is 0 Å². The zero-order valence-electron chi connectivity index (χ0n) is 15.2. The van der Waals surface area contributed by atoms with Crippen molar-refractivity contribution in [3.63, 3.8) is 0 Å². The number of hydrogen-bond acceptors (Lipinski definition) is 4. The molecule has 2 aromatic heterocycles. The highest BCUT2D eigenvalue weighted by Crippen LogP contribution is 2.39. The van der Waals surface area contributed by atoms with E-state index in [1.54, 1.807) is 14.2 Å². The molecular weight excluding hydrogens is 362 g/mol. The van der Waals surface area contributed by atoms with Crippen LogP contribution in [-0.4, -0.2) is 36.3 Å². The van der Waals surface area contributed by atoms with E-state index in [0.29, 0.717) is 12.3 Å². The van der Waals surface area contributed by atoms with E-state index < -0.39 is 0 Å². The number of nitrogens with zero attached hydrogens (tertiary/aromatic N) is 2. The fraction of sp³-hybridized carbons (Fsp3) is 0.250. The SMILES string of the molecule is COc1ccc([C@@H]2c3cccn3CCN2C(=O)Nc2cccs2)c(OC)c1. The summed E-state index contributed by atoms with van der Waals surface area (Å²) in [7, 11) is 3.26. The van der Waals surface area contributed by atoms with Crippen molar-refractivity contribution in [2.45, 2.75) is 12.6 Å². The van der Waals surface area contributed by atoms with Crippen LogP contribution in [0.4, 0.5) is 9.80 Å². The fourth-order valence-electron chi connectivity index (χ4n) is 3.50. The minimum Gasteiger partial charge on any atom is -0.497 e. The molecule has 0 unspecified atom stereocenters. The number of hydrogen-bond donors (Lipinski definition) is 1. The van der Waals surface area contributed by atoms with Gasteiger partial charge in [0.25, 0.3) is 0 Å². The predicted molar refractivity (Wildman–Crippen MR) is 106 cm³/mol. The number of fused-ring (bicyclic) bond motifs is 1. The van der Waals surface area contributed by atoms with Crippen molar-refractivity contribution in [1.82, 2.24) is 9.47 Å². The number of aromatic nitrogens is 1. The first-order valence-electron chi connectivity index (χ1n) is 8.69. The minimum absolute atomic E-state index is 0.118. The van der Waals surface area contributed by atoms with Crippen LogP contribution >= 0.6 is 11.3 Å². The maximum atomic E-state index is 13.1. The summed E-state index contributed by atoms with van der Waals surface area (Å²) in [6.45, 7) is 1.37. The number of carbonyl (C=O) groups excluding carboxylic acids is 1. The highest BCUT2D eigenvalue weighted by molar-refractivity contribution is 7.14. The number of nitrogens with one attached hydrogen (secondary N) is 1. The van der Waals surface area contributed by atoms with Gasteiger partial charge in [-0.2, -0.15) is 0 Å². The van der Waals surface area contributed by atoms with Gasteiger partial charge in [0.2, 0.25) is 0 Å². The first-order chi connectivity index (χ1) is 13.2. The summed E-state index contributed by atoms with van der Waals surface area (Å²) in [4.78, 5) is 14.9.